The molecule has 1 saturated heterocycles. The Labute approximate surface area is 116 Å². The van der Waals surface area contributed by atoms with Gasteiger partial charge in [0.1, 0.15) is 5.75 Å². The topological polar surface area (TPSA) is 41.6 Å². The zero-order valence-electron chi connectivity index (χ0n) is 11.5. The van der Waals surface area contributed by atoms with Gasteiger partial charge in [-0.3, -0.25) is 4.79 Å². The second-order valence-electron chi connectivity index (χ2n) is 5.09. The van der Waals surface area contributed by atoms with Crippen molar-refractivity contribution in [1.82, 2.24) is 10.2 Å². The second kappa shape index (κ2) is 6.17. The van der Waals surface area contributed by atoms with Gasteiger partial charge in [-0.15, -0.1) is 0 Å². The molecule has 2 rings (SSSR count). The number of piperazine rings is 1. The van der Waals surface area contributed by atoms with Gasteiger partial charge < -0.3 is 15.0 Å². The van der Waals surface area contributed by atoms with Crippen LogP contribution in [0.4, 0.5) is 8.78 Å². The van der Waals surface area contributed by atoms with E-state index in [1.165, 1.54) is 12.1 Å². The molecule has 2 atom stereocenters. The van der Waals surface area contributed by atoms with E-state index in [-0.39, 0.29) is 23.7 Å². The summed E-state index contributed by atoms with van der Waals surface area (Å²) in [6.07, 6.45) is 0. The lowest BCUT2D eigenvalue weighted by Crippen LogP contribution is -2.55. The van der Waals surface area contributed by atoms with Crippen molar-refractivity contribution < 1.29 is 18.3 Å². The van der Waals surface area contributed by atoms with E-state index in [4.69, 9.17) is 0 Å². The van der Waals surface area contributed by atoms with Crippen LogP contribution in [-0.4, -0.2) is 42.6 Å². The van der Waals surface area contributed by atoms with Crippen LogP contribution >= 0.6 is 0 Å². The van der Waals surface area contributed by atoms with Gasteiger partial charge in [-0.2, -0.15) is 8.78 Å². The van der Waals surface area contributed by atoms with Gasteiger partial charge in [0.05, 0.1) is 0 Å². The van der Waals surface area contributed by atoms with E-state index in [2.05, 4.69) is 10.1 Å². The maximum absolute atomic E-state index is 12.4. The van der Waals surface area contributed by atoms with E-state index < -0.39 is 6.61 Å². The Morgan fingerprint density at radius 3 is 2.60 bits per heavy atom. The van der Waals surface area contributed by atoms with Crippen molar-refractivity contribution in [3.05, 3.63) is 29.8 Å². The largest absolute Gasteiger partial charge is 0.435 e. The number of hydrogen-bond acceptors (Lipinski definition) is 3. The van der Waals surface area contributed by atoms with Crippen molar-refractivity contribution in [2.75, 3.05) is 13.1 Å². The fraction of sp³-hybridized carbons (Fsp3) is 0.500. The number of halogens is 2. The van der Waals surface area contributed by atoms with Crippen LogP contribution in [0.25, 0.3) is 0 Å². The first-order valence-corrected chi connectivity index (χ1v) is 6.56. The van der Waals surface area contributed by atoms with Crippen molar-refractivity contribution in [2.45, 2.75) is 32.5 Å². The Kier molecular flexibility index (Phi) is 4.54. The maximum Gasteiger partial charge on any atom is 0.387 e. The number of carbonyl (C=O) groups excluding carboxylic acids is 1. The summed E-state index contributed by atoms with van der Waals surface area (Å²) in [6.45, 7) is 2.32. The van der Waals surface area contributed by atoms with Gasteiger partial charge in [-0.25, -0.2) is 0 Å². The molecule has 1 N–H and O–H groups in total. The molecule has 1 aliphatic heterocycles. The summed E-state index contributed by atoms with van der Waals surface area (Å²) in [5.41, 5.74) is 0.365. The van der Waals surface area contributed by atoms with Gasteiger partial charge >= 0.3 is 6.61 Å². The van der Waals surface area contributed by atoms with Crippen molar-refractivity contribution in [1.29, 1.82) is 0 Å². The highest BCUT2D eigenvalue weighted by Gasteiger charge is 2.25. The molecule has 1 amide bonds. The summed E-state index contributed by atoms with van der Waals surface area (Å²) in [4.78, 5) is 14.1. The molecule has 0 bridgehead atoms. The summed E-state index contributed by atoms with van der Waals surface area (Å²) in [6, 6.07) is 6.34. The van der Waals surface area contributed by atoms with E-state index in [1.807, 2.05) is 13.8 Å². The molecule has 1 aromatic carbocycles. The minimum Gasteiger partial charge on any atom is -0.435 e. The first-order valence-electron chi connectivity index (χ1n) is 6.56. The highest BCUT2D eigenvalue weighted by Crippen LogP contribution is 2.18. The van der Waals surface area contributed by atoms with Crippen LogP contribution < -0.4 is 10.1 Å². The fourth-order valence-corrected chi connectivity index (χ4v) is 2.48. The Morgan fingerprint density at radius 1 is 1.35 bits per heavy atom. The molecule has 0 spiro atoms. The van der Waals surface area contributed by atoms with E-state index >= 15 is 0 Å². The van der Waals surface area contributed by atoms with Gasteiger partial charge in [0.15, 0.2) is 0 Å². The third-order valence-electron chi connectivity index (χ3n) is 3.15. The predicted octanol–water partition coefficient (Wildman–Crippen LogP) is 2.11. The maximum atomic E-state index is 12.4. The minimum absolute atomic E-state index is 0.00193. The molecule has 1 aliphatic rings. The number of nitrogens with zero attached hydrogens (tertiary/aromatic N) is 1. The molecule has 0 radical (unpaired) electrons. The zero-order valence-corrected chi connectivity index (χ0v) is 11.5. The molecule has 0 aliphatic carbocycles. The van der Waals surface area contributed by atoms with E-state index in [0.717, 1.165) is 0 Å². The fourth-order valence-electron chi connectivity index (χ4n) is 2.48. The average Bonchev–Trinajstić information content (AvgIpc) is 2.36. The summed E-state index contributed by atoms with van der Waals surface area (Å²) >= 11 is 0. The van der Waals surface area contributed by atoms with Crippen LogP contribution in [0, 0.1) is 0 Å². The molecule has 20 heavy (non-hydrogen) atoms. The van der Waals surface area contributed by atoms with Crippen LogP contribution in [0.1, 0.15) is 24.2 Å². The molecular weight excluding hydrogens is 266 g/mol. The quantitative estimate of drug-likeness (QED) is 0.924. The van der Waals surface area contributed by atoms with Crippen LogP contribution in [0.3, 0.4) is 0 Å². The summed E-state index contributed by atoms with van der Waals surface area (Å²) in [5, 5.41) is 3.34. The number of ether oxygens (including phenoxy) is 1. The Bertz CT molecular complexity index is 472. The van der Waals surface area contributed by atoms with E-state index in [9.17, 15) is 13.6 Å². The first kappa shape index (κ1) is 14.7. The summed E-state index contributed by atoms with van der Waals surface area (Å²) in [5.74, 6) is -0.160. The number of nitrogens with one attached hydrogen (secondary N) is 1. The summed E-state index contributed by atoms with van der Waals surface area (Å²) in [7, 11) is 0. The van der Waals surface area contributed by atoms with Crippen LogP contribution in [0.2, 0.25) is 0 Å². The molecule has 4 nitrogen and oxygen atoms in total. The van der Waals surface area contributed by atoms with Gasteiger partial charge in [0, 0.05) is 30.7 Å². The lowest BCUT2D eigenvalue weighted by Gasteiger charge is -2.36. The van der Waals surface area contributed by atoms with Gasteiger partial charge in [-0.05, 0) is 32.0 Å². The monoisotopic (exact) mass is 284 g/mol. The van der Waals surface area contributed by atoms with E-state index in [1.54, 1.807) is 17.0 Å². The Balaban J connectivity index is 2.12. The van der Waals surface area contributed by atoms with Crippen molar-refractivity contribution >= 4 is 5.91 Å². The predicted molar refractivity (Wildman–Crippen MR) is 71.0 cm³/mol. The van der Waals surface area contributed by atoms with Crippen LogP contribution in [0.5, 0.6) is 5.75 Å². The standard InChI is InChI=1S/C14H18F2N2O2/c1-9-7-18(8-10(2)17-9)13(19)11-4-3-5-12(6-11)20-14(15)16/h3-6,9-10,14,17H,7-8H2,1-2H3. The molecule has 0 aromatic heterocycles. The van der Waals surface area contributed by atoms with Crippen molar-refractivity contribution in [3.63, 3.8) is 0 Å². The molecule has 110 valence electrons. The lowest BCUT2D eigenvalue weighted by atomic mass is 10.1. The third kappa shape index (κ3) is 3.66. The first-order chi connectivity index (χ1) is 9.45. The lowest BCUT2D eigenvalue weighted by molar-refractivity contribution is -0.0499. The Morgan fingerprint density at radius 2 is 2.00 bits per heavy atom. The normalized spacial score (nSPS) is 22.9. The highest BCUT2D eigenvalue weighted by atomic mass is 19.3. The second-order valence-corrected chi connectivity index (χ2v) is 5.09. The number of amides is 1. The number of carbonyl (C=O) groups is 1. The SMILES string of the molecule is CC1CN(C(=O)c2cccc(OC(F)F)c2)CC(C)N1. The van der Waals surface area contributed by atoms with Gasteiger partial charge in [0.2, 0.25) is 0 Å². The van der Waals surface area contributed by atoms with Crippen LogP contribution in [-0.2, 0) is 0 Å². The summed E-state index contributed by atoms with van der Waals surface area (Å²) < 4.78 is 28.7. The smallest absolute Gasteiger partial charge is 0.387 e. The molecule has 6 heteroatoms. The molecular formula is C14H18F2N2O2. The molecule has 1 heterocycles. The molecule has 1 aromatic rings. The molecule has 0 saturated carbocycles. The van der Waals surface area contributed by atoms with Crippen molar-refractivity contribution in [2.24, 2.45) is 0 Å². The van der Waals surface area contributed by atoms with Gasteiger partial charge in [-0.1, -0.05) is 6.07 Å². The van der Waals surface area contributed by atoms with E-state index in [0.29, 0.717) is 18.7 Å². The minimum atomic E-state index is -2.89. The molecule has 1 fully saturated rings. The van der Waals surface area contributed by atoms with Crippen molar-refractivity contribution in [3.8, 4) is 5.75 Å². The number of rotatable bonds is 3. The number of benzene rings is 1. The van der Waals surface area contributed by atoms with Gasteiger partial charge in [0.25, 0.3) is 5.91 Å². The number of hydrogen-bond donors (Lipinski definition) is 1. The highest BCUT2D eigenvalue weighted by molar-refractivity contribution is 5.94. The number of alkyl halides is 2. The third-order valence-corrected chi connectivity index (χ3v) is 3.15. The van der Waals surface area contributed by atoms with Crippen LogP contribution in [0.15, 0.2) is 24.3 Å². The Hall–Kier alpha value is -1.69. The molecule has 2 unspecified atom stereocenters. The average molecular weight is 284 g/mol. The zero-order chi connectivity index (χ0) is 14.7.